The number of aliphatic carboxylic acids is 1. The molecule has 0 rings (SSSR count). The average Bonchev–Trinajstić information content (AvgIpc) is 2.10. The summed E-state index contributed by atoms with van der Waals surface area (Å²) in [7, 11) is 0. The van der Waals surface area contributed by atoms with Crippen molar-refractivity contribution in [3.63, 3.8) is 0 Å². The predicted octanol–water partition coefficient (Wildman–Crippen LogP) is 1.71. The zero-order valence-electron chi connectivity index (χ0n) is 8.16. The van der Waals surface area contributed by atoms with E-state index in [0.717, 1.165) is 12.8 Å². The Morgan fingerprint density at radius 1 is 1.38 bits per heavy atom. The second-order valence-corrected chi connectivity index (χ2v) is 4.13. The Morgan fingerprint density at radius 3 is 2.54 bits per heavy atom. The number of hydrogen-bond donors (Lipinski definition) is 2. The molecule has 0 heterocycles. The predicted molar refractivity (Wildman–Crippen MR) is 57.1 cm³/mol. The van der Waals surface area contributed by atoms with Crippen LogP contribution >= 0.6 is 11.8 Å². The van der Waals surface area contributed by atoms with Crippen molar-refractivity contribution in [1.29, 1.82) is 0 Å². The van der Waals surface area contributed by atoms with E-state index >= 15 is 0 Å². The number of carbonyl (C=O) groups is 1. The zero-order valence-corrected chi connectivity index (χ0v) is 8.98. The average molecular weight is 205 g/mol. The first-order valence-electron chi connectivity index (χ1n) is 4.65. The quantitative estimate of drug-likeness (QED) is 0.592. The Bertz CT molecular complexity index is 142. The van der Waals surface area contributed by atoms with Gasteiger partial charge in [-0.15, -0.1) is 0 Å². The maximum absolute atomic E-state index is 10.3. The Kier molecular flexibility index (Phi) is 8.24. The van der Waals surface area contributed by atoms with Crippen molar-refractivity contribution in [2.75, 3.05) is 12.0 Å². The van der Waals surface area contributed by atoms with E-state index < -0.39 is 12.0 Å². The van der Waals surface area contributed by atoms with E-state index in [0.29, 0.717) is 6.42 Å². The molecule has 0 bridgehead atoms. The summed E-state index contributed by atoms with van der Waals surface area (Å²) in [6, 6.07) is -0.666. The normalized spacial score (nSPS) is 12.8. The molecule has 0 aromatic rings. The molecule has 78 valence electrons. The van der Waals surface area contributed by atoms with E-state index in [2.05, 4.69) is 6.26 Å². The molecule has 1 unspecified atom stereocenters. The highest BCUT2D eigenvalue weighted by Gasteiger charge is 2.09. The van der Waals surface area contributed by atoms with Crippen LogP contribution in [-0.4, -0.2) is 29.1 Å². The van der Waals surface area contributed by atoms with Crippen LogP contribution in [-0.2, 0) is 4.79 Å². The van der Waals surface area contributed by atoms with Crippen molar-refractivity contribution in [2.24, 2.45) is 5.73 Å². The van der Waals surface area contributed by atoms with Crippen molar-refractivity contribution in [1.82, 2.24) is 0 Å². The van der Waals surface area contributed by atoms with Crippen LogP contribution < -0.4 is 5.73 Å². The second-order valence-electron chi connectivity index (χ2n) is 3.14. The zero-order chi connectivity index (χ0) is 10.1. The molecule has 0 aliphatic heterocycles. The molecule has 0 saturated carbocycles. The largest absolute Gasteiger partial charge is 0.480 e. The fraction of sp³-hybridized carbons (Fsp3) is 0.889. The van der Waals surface area contributed by atoms with Crippen LogP contribution in [0.4, 0.5) is 0 Å². The van der Waals surface area contributed by atoms with E-state index in [1.165, 1.54) is 18.6 Å². The van der Waals surface area contributed by atoms with Crippen LogP contribution in [0.15, 0.2) is 0 Å². The molecule has 3 N–H and O–H groups in total. The van der Waals surface area contributed by atoms with Gasteiger partial charge in [0.15, 0.2) is 0 Å². The number of thioether (sulfide) groups is 1. The summed E-state index contributed by atoms with van der Waals surface area (Å²) in [6.45, 7) is 0. The molecule has 13 heavy (non-hydrogen) atoms. The van der Waals surface area contributed by atoms with Gasteiger partial charge in [-0.3, -0.25) is 4.79 Å². The van der Waals surface area contributed by atoms with Crippen molar-refractivity contribution in [3.05, 3.63) is 0 Å². The minimum Gasteiger partial charge on any atom is -0.480 e. The molecule has 0 aliphatic carbocycles. The maximum atomic E-state index is 10.3. The van der Waals surface area contributed by atoms with Gasteiger partial charge < -0.3 is 10.8 Å². The molecule has 0 radical (unpaired) electrons. The molecule has 0 amide bonds. The fourth-order valence-corrected chi connectivity index (χ4v) is 1.58. The standard InChI is InChI=1S/C9H19NO2S/c1-13-7-5-3-2-4-6-8(10)9(11)12/h8H,2-7,10H2,1H3,(H,11,12). The van der Waals surface area contributed by atoms with Gasteiger partial charge in [0.1, 0.15) is 6.04 Å². The number of carboxylic acid groups (broad SMARTS) is 1. The highest BCUT2D eigenvalue weighted by Crippen LogP contribution is 2.07. The lowest BCUT2D eigenvalue weighted by atomic mass is 10.1. The van der Waals surface area contributed by atoms with Crippen molar-refractivity contribution in [2.45, 2.75) is 38.1 Å². The number of hydrogen-bond acceptors (Lipinski definition) is 3. The highest BCUT2D eigenvalue weighted by atomic mass is 32.2. The van der Waals surface area contributed by atoms with E-state index in [-0.39, 0.29) is 0 Å². The minimum absolute atomic E-state index is 0.606. The lowest BCUT2D eigenvalue weighted by Crippen LogP contribution is -2.29. The maximum Gasteiger partial charge on any atom is 0.320 e. The molecule has 3 nitrogen and oxygen atoms in total. The Labute approximate surface area is 84.1 Å². The summed E-state index contributed by atoms with van der Waals surface area (Å²) in [4.78, 5) is 10.3. The van der Waals surface area contributed by atoms with Gasteiger partial charge in [-0.2, -0.15) is 11.8 Å². The lowest BCUT2D eigenvalue weighted by molar-refractivity contribution is -0.138. The molecule has 4 heteroatoms. The van der Waals surface area contributed by atoms with Gasteiger partial charge in [-0.1, -0.05) is 19.3 Å². The van der Waals surface area contributed by atoms with E-state index in [1.54, 1.807) is 0 Å². The van der Waals surface area contributed by atoms with Crippen LogP contribution in [0.25, 0.3) is 0 Å². The Morgan fingerprint density at radius 2 is 2.00 bits per heavy atom. The van der Waals surface area contributed by atoms with Gasteiger partial charge in [0.2, 0.25) is 0 Å². The number of rotatable bonds is 8. The first-order valence-corrected chi connectivity index (χ1v) is 6.05. The number of carboxylic acids is 1. The summed E-state index contributed by atoms with van der Waals surface area (Å²) in [5, 5.41) is 8.49. The third-order valence-electron chi connectivity index (χ3n) is 1.93. The Balaban J connectivity index is 3.11. The van der Waals surface area contributed by atoms with E-state index in [1.807, 2.05) is 11.8 Å². The summed E-state index contributed by atoms with van der Waals surface area (Å²) in [5.41, 5.74) is 5.35. The Hall–Kier alpha value is -0.220. The molecule has 0 aliphatic rings. The SMILES string of the molecule is CSCCCCCCC(N)C(=O)O. The van der Waals surface area contributed by atoms with E-state index in [4.69, 9.17) is 10.8 Å². The molecule has 0 aromatic heterocycles. The molecule has 1 atom stereocenters. The minimum atomic E-state index is -0.885. The molecular formula is C9H19NO2S. The third-order valence-corrected chi connectivity index (χ3v) is 2.63. The first kappa shape index (κ1) is 12.8. The van der Waals surface area contributed by atoms with Crippen molar-refractivity contribution >= 4 is 17.7 Å². The second kappa shape index (κ2) is 8.38. The van der Waals surface area contributed by atoms with Crippen LogP contribution in [0.1, 0.15) is 32.1 Å². The molecule has 0 saturated heterocycles. The third kappa shape index (κ3) is 8.12. The first-order chi connectivity index (χ1) is 6.18. The molecule has 0 fully saturated rings. The topological polar surface area (TPSA) is 63.3 Å². The fourth-order valence-electron chi connectivity index (χ4n) is 1.09. The van der Waals surface area contributed by atoms with Gasteiger partial charge in [0, 0.05) is 0 Å². The van der Waals surface area contributed by atoms with Crippen molar-refractivity contribution in [3.8, 4) is 0 Å². The highest BCUT2D eigenvalue weighted by molar-refractivity contribution is 7.98. The summed E-state index contributed by atoms with van der Waals surface area (Å²) < 4.78 is 0. The van der Waals surface area contributed by atoms with Crippen LogP contribution in [0.2, 0.25) is 0 Å². The van der Waals surface area contributed by atoms with Crippen LogP contribution in [0, 0.1) is 0 Å². The van der Waals surface area contributed by atoms with Crippen LogP contribution in [0.5, 0.6) is 0 Å². The van der Waals surface area contributed by atoms with E-state index in [9.17, 15) is 4.79 Å². The van der Waals surface area contributed by atoms with Gasteiger partial charge in [-0.05, 0) is 24.9 Å². The summed E-state index contributed by atoms with van der Waals surface area (Å²) in [6.07, 6.45) is 7.15. The van der Waals surface area contributed by atoms with Gasteiger partial charge in [0.25, 0.3) is 0 Å². The van der Waals surface area contributed by atoms with Gasteiger partial charge >= 0.3 is 5.97 Å². The van der Waals surface area contributed by atoms with Crippen LogP contribution in [0.3, 0.4) is 0 Å². The smallest absolute Gasteiger partial charge is 0.320 e. The van der Waals surface area contributed by atoms with Gasteiger partial charge in [0.05, 0.1) is 0 Å². The molecule has 0 spiro atoms. The molecule has 0 aromatic carbocycles. The lowest BCUT2D eigenvalue weighted by Gasteiger charge is -2.05. The monoisotopic (exact) mass is 205 g/mol. The summed E-state index contributed by atoms with van der Waals surface area (Å²) in [5.74, 6) is 0.314. The number of nitrogens with two attached hydrogens (primary N) is 1. The molecular weight excluding hydrogens is 186 g/mol. The van der Waals surface area contributed by atoms with Crippen molar-refractivity contribution < 1.29 is 9.90 Å². The number of unbranched alkanes of at least 4 members (excludes halogenated alkanes) is 3. The van der Waals surface area contributed by atoms with Gasteiger partial charge in [-0.25, -0.2) is 0 Å². The summed E-state index contributed by atoms with van der Waals surface area (Å²) >= 11 is 1.85.